The summed E-state index contributed by atoms with van der Waals surface area (Å²) in [5, 5.41) is 4.15. The van der Waals surface area contributed by atoms with Crippen LogP contribution in [0, 0.1) is 5.82 Å². The number of imidazole rings is 1. The maximum absolute atomic E-state index is 14.2. The molecule has 31 heavy (non-hydrogen) atoms. The van der Waals surface area contributed by atoms with E-state index in [0.717, 1.165) is 50.2 Å². The summed E-state index contributed by atoms with van der Waals surface area (Å²) in [6, 6.07) is 14.6. The van der Waals surface area contributed by atoms with Gasteiger partial charge in [-0.2, -0.15) is 4.73 Å². The van der Waals surface area contributed by atoms with E-state index in [2.05, 4.69) is 19.9 Å². The molecule has 0 aliphatic carbocycles. The maximum atomic E-state index is 14.2. The summed E-state index contributed by atoms with van der Waals surface area (Å²) in [4.78, 5) is 14.8. The highest BCUT2D eigenvalue weighted by atomic mass is 19.1. The van der Waals surface area contributed by atoms with Gasteiger partial charge in [0.05, 0.1) is 11.1 Å². The van der Waals surface area contributed by atoms with Crippen LogP contribution in [-0.2, 0) is 0 Å². The molecule has 7 nitrogen and oxygen atoms in total. The van der Waals surface area contributed by atoms with Crippen molar-refractivity contribution in [2.75, 3.05) is 44.2 Å². The van der Waals surface area contributed by atoms with Gasteiger partial charge in [0, 0.05) is 38.3 Å². The van der Waals surface area contributed by atoms with Crippen molar-refractivity contribution < 1.29 is 13.8 Å². The molecule has 1 saturated heterocycles. The lowest BCUT2D eigenvalue weighted by molar-refractivity contribution is 0.106. The number of aromatic nitrogens is 3. The average molecular weight is 421 g/mol. The monoisotopic (exact) mass is 421 g/mol. The van der Waals surface area contributed by atoms with Gasteiger partial charge in [0.15, 0.2) is 5.82 Å². The van der Waals surface area contributed by atoms with Gasteiger partial charge >= 0.3 is 0 Å². The number of rotatable bonds is 7. The largest absolute Gasteiger partial charge is 0.412 e. The van der Waals surface area contributed by atoms with Gasteiger partial charge in [-0.1, -0.05) is 35.5 Å². The van der Waals surface area contributed by atoms with Gasteiger partial charge in [0.2, 0.25) is 0 Å². The molecule has 1 aliphatic rings. The molecule has 2 aromatic heterocycles. The Morgan fingerprint density at radius 1 is 0.968 bits per heavy atom. The number of para-hydroxylation sites is 2. The lowest BCUT2D eigenvalue weighted by atomic mass is 10.1. The summed E-state index contributed by atoms with van der Waals surface area (Å²) in [7, 11) is 0. The van der Waals surface area contributed by atoms with Crippen LogP contribution in [0.4, 0.5) is 10.2 Å². The number of nitrogens with zero attached hydrogens (tertiary/aromatic N) is 5. The van der Waals surface area contributed by atoms with E-state index in [-0.39, 0.29) is 5.82 Å². The van der Waals surface area contributed by atoms with Crippen LogP contribution in [0.15, 0.2) is 65.6 Å². The Hall–Kier alpha value is -3.39. The molecule has 1 fully saturated rings. The molecule has 1 aliphatic heterocycles. The second-order valence-corrected chi connectivity index (χ2v) is 7.61. The number of hydrogen-bond donors (Lipinski definition) is 0. The molecule has 0 bridgehead atoms. The van der Waals surface area contributed by atoms with E-state index in [1.165, 1.54) is 12.3 Å². The van der Waals surface area contributed by atoms with Crippen molar-refractivity contribution in [2.45, 2.75) is 6.42 Å². The number of piperazine rings is 1. The molecule has 0 N–H and O–H groups in total. The average Bonchev–Trinajstić information content (AvgIpc) is 3.45. The summed E-state index contributed by atoms with van der Waals surface area (Å²) in [6.45, 7) is 5.05. The molecule has 160 valence electrons. The molecule has 3 heterocycles. The first kappa shape index (κ1) is 19.6. The van der Waals surface area contributed by atoms with Crippen molar-refractivity contribution in [3.8, 4) is 11.1 Å². The molecule has 0 spiro atoms. The standard InChI is InChI=1S/C23H24FN5O2/c24-20-7-2-1-6-18(20)19-16-30-26-23(19)28-13-11-27(12-14-28)10-5-15-31-29-17-25-21-8-3-4-9-22(21)29/h1-4,6-9,16-17H,5,10-15H2. The summed E-state index contributed by atoms with van der Waals surface area (Å²) in [5.41, 5.74) is 3.13. The number of benzene rings is 2. The second-order valence-electron chi connectivity index (χ2n) is 7.61. The summed E-state index contributed by atoms with van der Waals surface area (Å²) < 4.78 is 21.1. The van der Waals surface area contributed by atoms with E-state index >= 15 is 0 Å². The van der Waals surface area contributed by atoms with Crippen molar-refractivity contribution in [1.82, 2.24) is 19.8 Å². The number of anilines is 1. The number of hydrogen-bond acceptors (Lipinski definition) is 6. The highest BCUT2D eigenvalue weighted by Gasteiger charge is 2.23. The number of halogens is 1. The van der Waals surface area contributed by atoms with E-state index in [9.17, 15) is 4.39 Å². The van der Waals surface area contributed by atoms with Gasteiger partial charge in [-0.05, 0) is 24.6 Å². The van der Waals surface area contributed by atoms with Gasteiger partial charge in [-0.25, -0.2) is 9.37 Å². The minimum atomic E-state index is -0.267. The number of fused-ring (bicyclic) bond motifs is 1. The third-order valence-electron chi connectivity index (χ3n) is 5.66. The normalized spacial score (nSPS) is 14.9. The van der Waals surface area contributed by atoms with Crippen LogP contribution in [0.3, 0.4) is 0 Å². The van der Waals surface area contributed by atoms with E-state index in [4.69, 9.17) is 9.36 Å². The fraction of sp³-hybridized carbons (Fsp3) is 0.304. The molecule has 2 aromatic carbocycles. The van der Waals surface area contributed by atoms with E-state index in [1.807, 2.05) is 30.3 Å². The second kappa shape index (κ2) is 8.77. The van der Waals surface area contributed by atoms with Crippen molar-refractivity contribution in [2.24, 2.45) is 0 Å². The molecular weight excluding hydrogens is 397 g/mol. The first-order valence-electron chi connectivity index (χ1n) is 10.5. The van der Waals surface area contributed by atoms with E-state index in [1.54, 1.807) is 23.2 Å². The first-order chi connectivity index (χ1) is 15.3. The Balaban J connectivity index is 1.12. The van der Waals surface area contributed by atoms with Crippen molar-refractivity contribution in [3.63, 3.8) is 0 Å². The van der Waals surface area contributed by atoms with Gasteiger partial charge in [0.25, 0.3) is 0 Å². The molecule has 0 saturated carbocycles. The van der Waals surface area contributed by atoms with Crippen LogP contribution in [-0.4, -0.2) is 59.1 Å². The molecule has 5 rings (SSSR count). The summed E-state index contributed by atoms with van der Waals surface area (Å²) >= 11 is 0. The molecule has 8 heteroatoms. The third kappa shape index (κ3) is 4.11. The molecule has 4 aromatic rings. The van der Waals surface area contributed by atoms with Crippen LogP contribution in [0.1, 0.15) is 6.42 Å². The van der Waals surface area contributed by atoms with Crippen LogP contribution < -0.4 is 9.74 Å². The summed E-state index contributed by atoms with van der Waals surface area (Å²) in [6.07, 6.45) is 4.17. The first-order valence-corrected chi connectivity index (χ1v) is 10.5. The predicted octanol–water partition coefficient (Wildman–Crippen LogP) is 3.47. The van der Waals surface area contributed by atoms with Crippen LogP contribution >= 0.6 is 0 Å². The smallest absolute Gasteiger partial charge is 0.180 e. The van der Waals surface area contributed by atoms with Crippen LogP contribution in [0.25, 0.3) is 22.2 Å². The Morgan fingerprint density at radius 3 is 2.65 bits per heavy atom. The minimum Gasteiger partial charge on any atom is -0.412 e. The van der Waals surface area contributed by atoms with Crippen LogP contribution in [0.5, 0.6) is 0 Å². The van der Waals surface area contributed by atoms with Gasteiger partial charge in [-0.15, -0.1) is 0 Å². The SMILES string of the molecule is Fc1ccccc1-c1conc1N1CCN(CCCOn2cnc3ccccc32)CC1. The van der Waals surface area contributed by atoms with Crippen molar-refractivity contribution >= 4 is 16.9 Å². The quantitative estimate of drug-likeness (QED) is 0.426. The Labute approximate surface area is 179 Å². The van der Waals surface area contributed by atoms with E-state index in [0.29, 0.717) is 23.6 Å². The predicted molar refractivity (Wildman–Crippen MR) is 116 cm³/mol. The molecule has 0 atom stereocenters. The van der Waals surface area contributed by atoms with Gasteiger partial charge in [-0.3, -0.25) is 4.90 Å². The zero-order valence-corrected chi connectivity index (χ0v) is 17.2. The lowest BCUT2D eigenvalue weighted by Gasteiger charge is -2.35. The zero-order chi connectivity index (χ0) is 21.0. The Morgan fingerprint density at radius 2 is 1.77 bits per heavy atom. The van der Waals surface area contributed by atoms with Crippen molar-refractivity contribution in [3.05, 3.63) is 66.9 Å². The Bertz CT molecular complexity index is 1150. The molecular formula is C23H24FN5O2. The van der Waals surface area contributed by atoms with Crippen LogP contribution in [0.2, 0.25) is 0 Å². The van der Waals surface area contributed by atoms with Crippen molar-refractivity contribution in [1.29, 1.82) is 0 Å². The lowest BCUT2D eigenvalue weighted by Crippen LogP contribution is -2.47. The third-order valence-corrected chi connectivity index (χ3v) is 5.66. The topological polar surface area (TPSA) is 59.6 Å². The fourth-order valence-electron chi connectivity index (χ4n) is 4.00. The molecule has 0 unspecified atom stereocenters. The van der Waals surface area contributed by atoms with Gasteiger partial charge < -0.3 is 14.3 Å². The van der Waals surface area contributed by atoms with E-state index < -0.39 is 0 Å². The summed E-state index contributed by atoms with van der Waals surface area (Å²) in [5.74, 6) is 0.441. The highest BCUT2D eigenvalue weighted by molar-refractivity contribution is 5.75. The maximum Gasteiger partial charge on any atom is 0.180 e. The highest BCUT2D eigenvalue weighted by Crippen LogP contribution is 2.32. The molecule has 0 amide bonds. The van der Waals surface area contributed by atoms with Gasteiger partial charge in [0.1, 0.15) is 30.5 Å². The molecule has 0 radical (unpaired) electrons. The fourth-order valence-corrected chi connectivity index (χ4v) is 4.00. The minimum absolute atomic E-state index is 0.267. The Kier molecular flexibility index (Phi) is 5.54. The zero-order valence-electron chi connectivity index (χ0n) is 17.2.